The van der Waals surface area contributed by atoms with Crippen LogP contribution >= 0.6 is 11.3 Å². The van der Waals surface area contributed by atoms with Crippen LogP contribution in [0.25, 0.3) is 10.6 Å². The number of nitrogens with zero attached hydrogens (tertiary/aromatic N) is 5. The molecule has 0 aliphatic rings. The van der Waals surface area contributed by atoms with Gasteiger partial charge in [-0.05, 0) is 0 Å². The number of thiazole rings is 1. The number of terminal acetylenes is 1. The highest BCUT2D eigenvalue weighted by Gasteiger charge is 2.18. The summed E-state index contributed by atoms with van der Waals surface area (Å²) in [5.41, 5.74) is 1.19. The van der Waals surface area contributed by atoms with Crippen molar-refractivity contribution in [2.75, 3.05) is 12.4 Å². The smallest absolute Gasteiger partial charge is 0.145 e. The fraction of sp³-hybridized carbons (Fsp3) is 0.267. The first-order chi connectivity index (χ1) is 10.7. The molecule has 0 amide bonds. The number of nitriles is 2. The van der Waals surface area contributed by atoms with Crippen molar-refractivity contribution in [3.8, 4) is 35.1 Å². The Labute approximate surface area is 132 Å². The first-order valence-corrected chi connectivity index (χ1v) is 7.26. The molecule has 1 N–H and O–H groups in total. The van der Waals surface area contributed by atoms with Gasteiger partial charge in [0.25, 0.3) is 0 Å². The second-order valence-corrected chi connectivity index (χ2v) is 5.39. The third-order valence-electron chi connectivity index (χ3n) is 3.01. The van der Waals surface area contributed by atoms with Gasteiger partial charge in [-0.2, -0.15) is 10.5 Å². The summed E-state index contributed by atoms with van der Waals surface area (Å²) in [4.78, 5) is 13.5. The highest BCUT2D eigenvalue weighted by Crippen LogP contribution is 2.34. The molecule has 0 aromatic carbocycles. The van der Waals surface area contributed by atoms with Crippen molar-refractivity contribution in [3.05, 3.63) is 23.1 Å². The molecular formula is C15H12N6S. The lowest BCUT2D eigenvalue weighted by Crippen LogP contribution is -1.99. The van der Waals surface area contributed by atoms with Crippen LogP contribution < -0.4 is 5.32 Å². The molecule has 2 heterocycles. The van der Waals surface area contributed by atoms with Crippen LogP contribution in [0, 0.1) is 35.0 Å². The second kappa shape index (κ2) is 7.17. The largest absolute Gasteiger partial charge is 0.372 e. The zero-order chi connectivity index (χ0) is 15.9. The van der Waals surface area contributed by atoms with E-state index in [1.807, 2.05) is 0 Å². The summed E-state index contributed by atoms with van der Waals surface area (Å²) >= 11 is 1.40. The molecule has 0 fully saturated rings. The Balaban J connectivity index is 2.43. The van der Waals surface area contributed by atoms with Gasteiger partial charge in [-0.1, -0.05) is 5.92 Å². The Kier molecular flexibility index (Phi) is 5.03. The number of anilines is 1. The molecule has 0 aliphatic carbocycles. The molecule has 0 radical (unpaired) electrons. The van der Waals surface area contributed by atoms with Gasteiger partial charge < -0.3 is 5.32 Å². The molecule has 108 valence electrons. The van der Waals surface area contributed by atoms with Crippen molar-refractivity contribution in [3.63, 3.8) is 0 Å². The molecule has 2 aromatic rings. The minimum atomic E-state index is -0.186. The zero-order valence-corrected chi connectivity index (χ0v) is 12.7. The summed E-state index contributed by atoms with van der Waals surface area (Å²) < 4.78 is 0. The minimum absolute atomic E-state index is 0.186. The van der Waals surface area contributed by atoms with Crippen LogP contribution in [0.5, 0.6) is 0 Å². The number of nitrogens with one attached hydrogen (secondary N) is 1. The van der Waals surface area contributed by atoms with E-state index in [0.717, 1.165) is 9.88 Å². The van der Waals surface area contributed by atoms with E-state index in [2.05, 4.69) is 38.3 Å². The summed E-state index contributed by atoms with van der Waals surface area (Å²) in [5, 5.41) is 21.4. The third-order valence-corrected chi connectivity index (χ3v) is 4.18. The average Bonchev–Trinajstić information content (AvgIpc) is 3.03. The van der Waals surface area contributed by atoms with Crippen molar-refractivity contribution in [2.45, 2.75) is 18.8 Å². The predicted molar refractivity (Wildman–Crippen MR) is 83.8 cm³/mol. The van der Waals surface area contributed by atoms with Gasteiger partial charge >= 0.3 is 0 Å². The molecule has 2 aromatic heterocycles. The minimum Gasteiger partial charge on any atom is -0.372 e. The van der Waals surface area contributed by atoms with Crippen LogP contribution in [0.15, 0.2) is 12.5 Å². The van der Waals surface area contributed by atoms with Gasteiger partial charge in [0.1, 0.15) is 17.8 Å². The van der Waals surface area contributed by atoms with Crippen LogP contribution in [0.1, 0.15) is 29.3 Å². The van der Waals surface area contributed by atoms with Gasteiger partial charge in [0.05, 0.1) is 27.6 Å². The molecule has 0 saturated carbocycles. The summed E-state index contributed by atoms with van der Waals surface area (Å²) in [6, 6.07) is 4.18. The quantitative estimate of drug-likeness (QED) is 0.852. The summed E-state index contributed by atoms with van der Waals surface area (Å²) in [7, 11) is 1.74. The highest BCUT2D eigenvalue weighted by atomic mass is 32.1. The van der Waals surface area contributed by atoms with Gasteiger partial charge in [-0.3, -0.25) is 0 Å². The first kappa shape index (κ1) is 15.4. The van der Waals surface area contributed by atoms with Crippen LogP contribution in [0.2, 0.25) is 0 Å². The number of aromatic nitrogens is 3. The average molecular weight is 308 g/mol. The van der Waals surface area contributed by atoms with Crippen molar-refractivity contribution < 1.29 is 0 Å². The van der Waals surface area contributed by atoms with Gasteiger partial charge in [-0.15, -0.1) is 17.8 Å². The van der Waals surface area contributed by atoms with Crippen molar-refractivity contribution in [1.82, 2.24) is 15.0 Å². The maximum absolute atomic E-state index is 8.86. The van der Waals surface area contributed by atoms with E-state index in [9.17, 15) is 0 Å². The van der Waals surface area contributed by atoms with Gasteiger partial charge in [0, 0.05) is 32.0 Å². The molecular weight excluding hydrogens is 296 g/mol. The van der Waals surface area contributed by atoms with Crippen molar-refractivity contribution in [1.29, 1.82) is 10.5 Å². The molecule has 7 heteroatoms. The molecule has 0 unspecified atom stereocenters. The van der Waals surface area contributed by atoms with E-state index in [1.54, 1.807) is 13.2 Å². The van der Waals surface area contributed by atoms with E-state index < -0.39 is 0 Å². The number of hydrogen-bond acceptors (Lipinski definition) is 7. The predicted octanol–water partition coefficient (Wildman–Crippen LogP) is 2.53. The second-order valence-electron chi connectivity index (χ2n) is 4.32. The SMILES string of the molecule is C#Cc1c(NC)ncnc1-c1cnc(C(CC#N)CC#N)s1. The number of rotatable bonds is 5. The highest BCUT2D eigenvalue weighted by molar-refractivity contribution is 7.15. The molecule has 0 aliphatic heterocycles. The van der Waals surface area contributed by atoms with E-state index in [4.69, 9.17) is 16.9 Å². The normalized spacial score (nSPS) is 9.77. The maximum Gasteiger partial charge on any atom is 0.145 e. The fourth-order valence-corrected chi connectivity index (χ4v) is 2.97. The number of hydrogen-bond donors (Lipinski definition) is 1. The van der Waals surface area contributed by atoms with Gasteiger partial charge in [0.15, 0.2) is 0 Å². The Hall–Kier alpha value is -2.95. The standard InChI is InChI=1S/C15H12N6S/c1-3-11-13(20-9-21-14(11)18-2)12-8-19-15(22-12)10(4-6-16)5-7-17/h1,8-10H,4-5H2,2H3,(H,18,20,21). The van der Waals surface area contributed by atoms with E-state index in [1.165, 1.54) is 17.7 Å². The Morgan fingerprint density at radius 2 is 2.00 bits per heavy atom. The topological polar surface area (TPSA) is 98.3 Å². The summed E-state index contributed by atoms with van der Waals surface area (Å²) in [6.07, 6.45) is 9.18. The molecule has 0 bridgehead atoms. The fourth-order valence-electron chi connectivity index (χ4n) is 1.95. The van der Waals surface area contributed by atoms with Crippen LogP contribution in [-0.2, 0) is 0 Å². The summed E-state index contributed by atoms with van der Waals surface area (Å²) in [6.45, 7) is 0. The molecule has 22 heavy (non-hydrogen) atoms. The maximum atomic E-state index is 8.86. The van der Waals surface area contributed by atoms with E-state index >= 15 is 0 Å². The lowest BCUT2D eigenvalue weighted by atomic mass is 10.0. The van der Waals surface area contributed by atoms with E-state index in [0.29, 0.717) is 17.1 Å². The van der Waals surface area contributed by atoms with Crippen LogP contribution in [-0.4, -0.2) is 22.0 Å². The van der Waals surface area contributed by atoms with Crippen molar-refractivity contribution in [2.24, 2.45) is 0 Å². The molecule has 6 nitrogen and oxygen atoms in total. The molecule has 0 spiro atoms. The third kappa shape index (κ3) is 3.03. The molecule has 0 atom stereocenters. The lowest BCUT2D eigenvalue weighted by Gasteiger charge is -2.06. The molecule has 2 rings (SSSR count). The Morgan fingerprint density at radius 3 is 2.59 bits per heavy atom. The van der Waals surface area contributed by atoms with E-state index in [-0.39, 0.29) is 18.8 Å². The molecule has 0 saturated heterocycles. The van der Waals surface area contributed by atoms with Gasteiger partial charge in [-0.25, -0.2) is 15.0 Å². The Morgan fingerprint density at radius 1 is 1.27 bits per heavy atom. The van der Waals surface area contributed by atoms with Crippen molar-refractivity contribution >= 4 is 17.2 Å². The van der Waals surface area contributed by atoms with Crippen LogP contribution in [0.3, 0.4) is 0 Å². The van der Waals surface area contributed by atoms with Crippen LogP contribution in [0.4, 0.5) is 5.82 Å². The monoisotopic (exact) mass is 308 g/mol. The summed E-state index contributed by atoms with van der Waals surface area (Å²) in [5.74, 6) is 2.98. The zero-order valence-electron chi connectivity index (χ0n) is 11.9. The lowest BCUT2D eigenvalue weighted by molar-refractivity contribution is 0.719. The Bertz CT molecular complexity index is 774. The van der Waals surface area contributed by atoms with Gasteiger partial charge in [0.2, 0.25) is 0 Å². The first-order valence-electron chi connectivity index (χ1n) is 6.44.